The Morgan fingerprint density at radius 1 is 1.00 bits per heavy atom. The summed E-state index contributed by atoms with van der Waals surface area (Å²) in [7, 11) is 0.790. The van der Waals surface area contributed by atoms with E-state index < -0.39 is 16.0 Å². The van der Waals surface area contributed by atoms with Crippen molar-refractivity contribution in [3.8, 4) is 5.75 Å². The van der Waals surface area contributed by atoms with Crippen molar-refractivity contribution in [2.45, 2.75) is 11.5 Å². The number of fused-ring (bicyclic) bond motifs is 1. The van der Waals surface area contributed by atoms with E-state index in [-0.39, 0.29) is 17.1 Å². The number of hydrogen-bond donors (Lipinski definition) is 0. The lowest BCUT2D eigenvalue weighted by molar-refractivity contribution is 0.0472. The molecule has 0 atom stereocenters. The average molecular weight is 478 g/mol. The number of rotatable bonds is 6. The van der Waals surface area contributed by atoms with Crippen LogP contribution in [-0.4, -0.2) is 39.9 Å². The highest BCUT2D eigenvalue weighted by atomic mass is 79.9. The lowest BCUT2D eigenvalue weighted by Crippen LogP contribution is -2.23. The molecule has 0 spiro atoms. The van der Waals surface area contributed by atoms with E-state index in [0.717, 1.165) is 26.4 Å². The molecule has 0 radical (unpaired) electrons. The van der Waals surface area contributed by atoms with Gasteiger partial charge in [-0.3, -0.25) is 0 Å². The fourth-order valence-corrected chi connectivity index (χ4v) is 4.59. The molecule has 0 aliphatic heterocycles. The molecule has 29 heavy (non-hydrogen) atoms. The summed E-state index contributed by atoms with van der Waals surface area (Å²) >= 11 is 3.23. The predicted molar refractivity (Wildman–Crippen MR) is 115 cm³/mol. The van der Waals surface area contributed by atoms with Gasteiger partial charge in [0, 0.05) is 18.6 Å². The highest BCUT2D eigenvalue weighted by Crippen LogP contribution is 2.26. The van der Waals surface area contributed by atoms with Crippen LogP contribution in [0.15, 0.2) is 64.0 Å². The van der Waals surface area contributed by atoms with Gasteiger partial charge in [-0.15, -0.1) is 0 Å². The molecular weight excluding hydrogens is 458 g/mol. The van der Waals surface area contributed by atoms with E-state index in [4.69, 9.17) is 9.47 Å². The molecule has 0 heterocycles. The van der Waals surface area contributed by atoms with Gasteiger partial charge in [0.2, 0.25) is 10.0 Å². The van der Waals surface area contributed by atoms with Crippen molar-refractivity contribution in [3.63, 3.8) is 0 Å². The number of methoxy groups -OCH3 is 1. The van der Waals surface area contributed by atoms with E-state index in [9.17, 15) is 13.2 Å². The highest BCUT2D eigenvalue weighted by Gasteiger charge is 2.22. The predicted octanol–water partition coefficient (Wildman–Crippen LogP) is 4.22. The summed E-state index contributed by atoms with van der Waals surface area (Å²) in [6.45, 7) is 0.0760. The number of halogens is 1. The number of nitrogens with zero attached hydrogens (tertiary/aromatic N) is 1. The fourth-order valence-electron chi connectivity index (χ4n) is 2.75. The van der Waals surface area contributed by atoms with Crippen molar-refractivity contribution in [3.05, 3.63) is 70.2 Å². The summed E-state index contributed by atoms with van der Waals surface area (Å²) < 4.78 is 36.9. The number of ether oxygens (including phenoxy) is 2. The molecule has 6 nitrogen and oxygen atoms in total. The maximum absolute atomic E-state index is 12.5. The molecule has 0 bridgehead atoms. The lowest BCUT2D eigenvalue weighted by atomic mass is 10.1. The first-order valence-corrected chi connectivity index (χ1v) is 10.9. The zero-order chi connectivity index (χ0) is 21.2. The molecule has 3 rings (SSSR count). The largest absolute Gasteiger partial charge is 0.497 e. The Balaban J connectivity index is 1.78. The monoisotopic (exact) mass is 477 g/mol. The Bertz CT molecular complexity index is 1170. The SMILES string of the molecule is COc1ccc2cc(COC(=O)c3ccc(Br)c(S(=O)(=O)N(C)C)c3)ccc2c1. The zero-order valence-electron chi connectivity index (χ0n) is 16.2. The van der Waals surface area contributed by atoms with Gasteiger partial charge in [-0.25, -0.2) is 17.5 Å². The van der Waals surface area contributed by atoms with E-state index in [1.165, 1.54) is 32.3 Å². The van der Waals surface area contributed by atoms with Crippen molar-refractivity contribution < 1.29 is 22.7 Å². The molecular formula is C21H20BrNO5S. The summed E-state index contributed by atoms with van der Waals surface area (Å²) in [5.41, 5.74) is 0.994. The molecule has 0 unspecified atom stereocenters. The Kier molecular flexibility index (Phi) is 6.26. The van der Waals surface area contributed by atoms with Crippen molar-refractivity contribution in [1.82, 2.24) is 4.31 Å². The number of benzene rings is 3. The van der Waals surface area contributed by atoms with Gasteiger partial charge in [-0.05, 0) is 68.7 Å². The Morgan fingerprint density at radius 2 is 1.69 bits per heavy atom. The summed E-state index contributed by atoms with van der Waals surface area (Å²) in [6.07, 6.45) is 0. The highest BCUT2D eigenvalue weighted by molar-refractivity contribution is 9.10. The van der Waals surface area contributed by atoms with Crippen molar-refractivity contribution in [1.29, 1.82) is 0 Å². The second-order valence-corrected chi connectivity index (χ2v) is 9.53. The standard InChI is InChI=1S/C21H20BrNO5S/c1-23(2)29(25,26)20-12-17(7-9-19(20)22)21(24)28-13-14-4-5-16-11-18(27-3)8-6-15(16)10-14/h4-12H,13H2,1-3H3. The Morgan fingerprint density at radius 3 is 2.38 bits per heavy atom. The molecule has 8 heteroatoms. The van der Waals surface area contributed by atoms with Crippen LogP contribution in [-0.2, 0) is 21.4 Å². The molecule has 0 saturated carbocycles. The van der Waals surface area contributed by atoms with Gasteiger partial charge in [0.1, 0.15) is 12.4 Å². The Hall–Kier alpha value is -2.42. The van der Waals surface area contributed by atoms with Gasteiger partial charge >= 0.3 is 5.97 Å². The first kappa shape index (κ1) is 21.3. The molecule has 0 N–H and O–H groups in total. The molecule has 3 aromatic carbocycles. The number of carbonyl (C=O) groups excluding carboxylic acids is 1. The molecule has 0 aliphatic rings. The summed E-state index contributed by atoms with van der Waals surface area (Å²) in [5, 5.41) is 2.02. The van der Waals surface area contributed by atoms with Crippen LogP contribution in [0.5, 0.6) is 5.75 Å². The van der Waals surface area contributed by atoms with Gasteiger partial charge < -0.3 is 9.47 Å². The van der Waals surface area contributed by atoms with E-state index in [0.29, 0.717) is 4.47 Å². The molecule has 3 aromatic rings. The molecule has 152 valence electrons. The summed E-state index contributed by atoms with van der Waals surface area (Å²) in [4.78, 5) is 12.5. The maximum Gasteiger partial charge on any atom is 0.338 e. The molecule has 0 fully saturated rings. The number of sulfonamides is 1. The van der Waals surface area contributed by atoms with E-state index in [2.05, 4.69) is 15.9 Å². The second-order valence-electron chi connectivity index (χ2n) is 6.56. The first-order valence-electron chi connectivity index (χ1n) is 8.68. The third-order valence-corrected chi connectivity index (χ3v) is 7.22. The van der Waals surface area contributed by atoms with Crippen LogP contribution in [0.4, 0.5) is 0 Å². The summed E-state index contributed by atoms with van der Waals surface area (Å²) in [6, 6.07) is 15.8. The van der Waals surface area contributed by atoms with Crippen molar-refractivity contribution >= 4 is 42.7 Å². The maximum atomic E-state index is 12.5. The smallest absolute Gasteiger partial charge is 0.338 e. The van der Waals surface area contributed by atoms with Crippen LogP contribution < -0.4 is 4.74 Å². The topological polar surface area (TPSA) is 72.9 Å². The molecule has 0 saturated heterocycles. The Labute approximate surface area is 178 Å². The van der Waals surface area contributed by atoms with Crippen LogP contribution in [0.1, 0.15) is 15.9 Å². The van der Waals surface area contributed by atoms with Gasteiger partial charge in [0.25, 0.3) is 0 Å². The van der Waals surface area contributed by atoms with Gasteiger partial charge in [-0.2, -0.15) is 0 Å². The molecule has 0 amide bonds. The molecule has 0 aromatic heterocycles. The number of esters is 1. The van der Waals surface area contributed by atoms with Crippen LogP contribution >= 0.6 is 15.9 Å². The minimum atomic E-state index is -3.69. The average Bonchev–Trinajstić information content (AvgIpc) is 2.71. The van der Waals surface area contributed by atoms with E-state index in [1.807, 2.05) is 36.4 Å². The van der Waals surface area contributed by atoms with Crippen molar-refractivity contribution in [2.75, 3.05) is 21.2 Å². The zero-order valence-corrected chi connectivity index (χ0v) is 18.6. The van der Waals surface area contributed by atoms with Crippen LogP contribution in [0.25, 0.3) is 10.8 Å². The van der Waals surface area contributed by atoms with Crippen molar-refractivity contribution in [2.24, 2.45) is 0 Å². The summed E-state index contributed by atoms with van der Waals surface area (Å²) in [5.74, 6) is 0.179. The fraction of sp³-hybridized carbons (Fsp3) is 0.190. The van der Waals surface area contributed by atoms with E-state index in [1.54, 1.807) is 7.11 Å². The van der Waals surface area contributed by atoms with Gasteiger partial charge in [0.05, 0.1) is 17.6 Å². The second kappa shape index (κ2) is 8.52. The van der Waals surface area contributed by atoms with Crippen LogP contribution in [0.2, 0.25) is 0 Å². The normalized spacial score (nSPS) is 11.6. The van der Waals surface area contributed by atoms with Gasteiger partial charge in [0.15, 0.2) is 0 Å². The quantitative estimate of drug-likeness (QED) is 0.497. The number of hydrogen-bond acceptors (Lipinski definition) is 5. The lowest BCUT2D eigenvalue weighted by Gasteiger charge is -2.14. The minimum absolute atomic E-state index is 0.0107. The third-order valence-electron chi connectivity index (χ3n) is 4.41. The number of carbonyl (C=O) groups is 1. The first-order chi connectivity index (χ1) is 13.7. The van der Waals surface area contributed by atoms with Crippen LogP contribution in [0.3, 0.4) is 0 Å². The van der Waals surface area contributed by atoms with Gasteiger partial charge in [-0.1, -0.05) is 18.2 Å². The molecule has 0 aliphatic carbocycles. The van der Waals surface area contributed by atoms with Crippen LogP contribution in [0, 0.1) is 0 Å². The van der Waals surface area contributed by atoms with E-state index >= 15 is 0 Å². The minimum Gasteiger partial charge on any atom is -0.497 e. The third kappa shape index (κ3) is 4.60.